The van der Waals surface area contributed by atoms with E-state index in [0.717, 1.165) is 22.8 Å². The van der Waals surface area contributed by atoms with Crippen LogP contribution in [0, 0.1) is 32.1 Å². The summed E-state index contributed by atoms with van der Waals surface area (Å²) in [4.78, 5) is 24.9. The Morgan fingerprint density at radius 2 is 2.13 bits per heavy atom. The van der Waals surface area contributed by atoms with E-state index in [2.05, 4.69) is 21.1 Å². The van der Waals surface area contributed by atoms with Crippen LogP contribution in [0.2, 0.25) is 0 Å². The zero-order valence-corrected chi connectivity index (χ0v) is 17.8. The van der Waals surface area contributed by atoms with Gasteiger partial charge in [0.2, 0.25) is 0 Å². The molecule has 10 heteroatoms. The average Bonchev–Trinajstić information content (AvgIpc) is 3.42. The summed E-state index contributed by atoms with van der Waals surface area (Å²) in [6, 6.07) is 5.71. The number of furan rings is 1. The monoisotopic (exact) mass is 427 g/mol. The van der Waals surface area contributed by atoms with E-state index < -0.39 is 18.5 Å². The minimum atomic E-state index is -0.639. The fourth-order valence-corrected chi connectivity index (χ4v) is 3.77. The molecule has 9 nitrogen and oxygen atoms in total. The molecule has 1 amide bonds. The number of carbonyl (C=O) groups excluding carboxylic acids is 2. The van der Waals surface area contributed by atoms with Gasteiger partial charge in [0, 0.05) is 12.7 Å². The van der Waals surface area contributed by atoms with Crippen LogP contribution in [0.1, 0.15) is 38.6 Å². The number of ether oxygens (including phenoxy) is 1. The van der Waals surface area contributed by atoms with Crippen molar-refractivity contribution in [2.75, 3.05) is 24.3 Å². The third-order valence-corrected chi connectivity index (χ3v) is 5.68. The number of esters is 1. The normalized spacial score (nSPS) is 10.5. The quantitative estimate of drug-likeness (QED) is 0.555. The van der Waals surface area contributed by atoms with Crippen molar-refractivity contribution in [2.24, 2.45) is 0 Å². The fourth-order valence-electron chi connectivity index (χ4n) is 3.04. The second-order valence-corrected chi connectivity index (χ2v) is 7.33. The standard InChI is InChI=1S/C20H21N5O4S/c1-11-13(3)25(9-14-6-5-7-28-14)18(15(11)8-21)23-16(26)10-29-20(27)17-12(2)24-30-19(17)22-4/h5-7,22H,9-10H2,1-4H3,(H,23,26). The number of aromatic nitrogens is 2. The number of amides is 1. The molecule has 3 aromatic heterocycles. The first-order valence-corrected chi connectivity index (χ1v) is 9.87. The van der Waals surface area contributed by atoms with Crippen LogP contribution < -0.4 is 10.6 Å². The third kappa shape index (κ3) is 4.06. The highest BCUT2D eigenvalue weighted by Gasteiger charge is 2.23. The van der Waals surface area contributed by atoms with Crippen LogP contribution in [-0.2, 0) is 16.1 Å². The van der Waals surface area contributed by atoms with Crippen LogP contribution in [-0.4, -0.2) is 34.5 Å². The molecule has 3 aromatic rings. The largest absolute Gasteiger partial charge is 0.467 e. The molecule has 0 fully saturated rings. The van der Waals surface area contributed by atoms with E-state index in [-0.39, 0.29) is 0 Å². The third-order valence-electron chi connectivity index (χ3n) is 4.72. The maximum atomic E-state index is 12.5. The molecule has 0 saturated carbocycles. The Bertz CT molecular complexity index is 1120. The van der Waals surface area contributed by atoms with E-state index >= 15 is 0 Å². The molecule has 30 heavy (non-hydrogen) atoms. The molecular weight excluding hydrogens is 406 g/mol. The number of nitrogens with one attached hydrogen (secondary N) is 2. The average molecular weight is 427 g/mol. The van der Waals surface area contributed by atoms with Crippen LogP contribution in [0.3, 0.4) is 0 Å². The lowest BCUT2D eigenvalue weighted by Gasteiger charge is -2.12. The van der Waals surface area contributed by atoms with Crippen LogP contribution in [0.5, 0.6) is 0 Å². The summed E-state index contributed by atoms with van der Waals surface area (Å²) in [7, 11) is 1.68. The summed E-state index contributed by atoms with van der Waals surface area (Å²) < 4.78 is 16.5. The van der Waals surface area contributed by atoms with Gasteiger partial charge in [0.05, 0.1) is 24.1 Å². The molecule has 0 aliphatic rings. The molecule has 0 radical (unpaired) electrons. The van der Waals surface area contributed by atoms with Crippen molar-refractivity contribution in [1.29, 1.82) is 5.26 Å². The molecule has 0 spiro atoms. The Kier molecular flexibility index (Phi) is 6.23. The van der Waals surface area contributed by atoms with Gasteiger partial charge in [-0.25, -0.2) is 4.79 Å². The number of nitrogens with zero attached hydrogens (tertiary/aromatic N) is 3. The SMILES string of the molecule is CNc1snc(C)c1C(=O)OCC(=O)Nc1c(C#N)c(C)c(C)n1Cc1ccco1. The van der Waals surface area contributed by atoms with Crippen molar-refractivity contribution in [3.05, 3.63) is 52.2 Å². The van der Waals surface area contributed by atoms with Gasteiger partial charge in [0.1, 0.15) is 28.2 Å². The lowest BCUT2D eigenvalue weighted by Crippen LogP contribution is -2.23. The number of rotatable bonds is 7. The van der Waals surface area contributed by atoms with Crippen LogP contribution >= 0.6 is 11.5 Å². The van der Waals surface area contributed by atoms with Gasteiger partial charge in [-0.3, -0.25) is 4.79 Å². The van der Waals surface area contributed by atoms with Gasteiger partial charge in [-0.05, 0) is 50.0 Å². The van der Waals surface area contributed by atoms with Crippen LogP contribution in [0.4, 0.5) is 10.8 Å². The van der Waals surface area contributed by atoms with E-state index in [0.29, 0.717) is 39.9 Å². The highest BCUT2D eigenvalue weighted by Crippen LogP contribution is 2.28. The number of hydrogen-bond donors (Lipinski definition) is 2. The Morgan fingerprint density at radius 1 is 1.37 bits per heavy atom. The van der Waals surface area contributed by atoms with Gasteiger partial charge in [-0.15, -0.1) is 0 Å². The minimum absolute atomic E-state index is 0.306. The smallest absolute Gasteiger partial charge is 0.343 e. The molecule has 0 aromatic carbocycles. The first kappa shape index (κ1) is 21.1. The number of carbonyl (C=O) groups is 2. The van der Waals surface area contributed by atoms with E-state index in [9.17, 15) is 14.9 Å². The minimum Gasteiger partial charge on any atom is -0.467 e. The van der Waals surface area contributed by atoms with Gasteiger partial charge in [0.15, 0.2) is 6.61 Å². The van der Waals surface area contributed by atoms with Gasteiger partial charge in [0.25, 0.3) is 5.91 Å². The molecule has 0 aliphatic heterocycles. The van der Waals surface area contributed by atoms with Crippen molar-refractivity contribution in [3.8, 4) is 6.07 Å². The molecular formula is C20H21N5O4S. The fraction of sp³-hybridized carbons (Fsp3) is 0.300. The number of hydrogen-bond acceptors (Lipinski definition) is 8. The molecule has 3 heterocycles. The van der Waals surface area contributed by atoms with Crippen molar-refractivity contribution in [3.63, 3.8) is 0 Å². The van der Waals surface area contributed by atoms with Crippen molar-refractivity contribution >= 4 is 34.2 Å². The van der Waals surface area contributed by atoms with Gasteiger partial charge < -0.3 is 24.4 Å². The topological polar surface area (TPSA) is 122 Å². The van der Waals surface area contributed by atoms with Crippen LogP contribution in [0.25, 0.3) is 0 Å². The number of nitriles is 1. The highest BCUT2D eigenvalue weighted by atomic mass is 32.1. The summed E-state index contributed by atoms with van der Waals surface area (Å²) in [6.07, 6.45) is 1.56. The molecule has 0 bridgehead atoms. The summed E-state index contributed by atoms with van der Waals surface area (Å²) in [5.41, 5.74) is 2.78. The van der Waals surface area contributed by atoms with E-state index in [4.69, 9.17) is 9.15 Å². The lowest BCUT2D eigenvalue weighted by atomic mass is 10.2. The predicted octanol–water partition coefficient (Wildman–Crippen LogP) is 3.22. The lowest BCUT2D eigenvalue weighted by molar-refractivity contribution is -0.119. The second kappa shape index (κ2) is 8.84. The summed E-state index contributed by atoms with van der Waals surface area (Å²) >= 11 is 1.14. The molecule has 0 saturated heterocycles. The van der Waals surface area contributed by atoms with Crippen molar-refractivity contribution < 1.29 is 18.7 Å². The molecule has 0 atom stereocenters. The van der Waals surface area contributed by atoms with Crippen molar-refractivity contribution in [1.82, 2.24) is 8.94 Å². The van der Waals surface area contributed by atoms with E-state index in [1.54, 1.807) is 30.9 Å². The van der Waals surface area contributed by atoms with Crippen LogP contribution in [0.15, 0.2) is 22.8 Å². The number of anilines is 2. The van der Waals surface area contributed by atoms with Gasteiger partial charge >= 0.3 is 5.97 Å². The zero-order chi connectivity index (χ0) is 21.8. The maximum absolute atomic E-state index is 12.5. The molecule has 0 unspecified atom stereocenters. The van der Waals surface area contributed by atoms with Crippen molar-refractivity contribution in [2.45, 2.75) is 27.3 Å². The maximum Gasteiger partial charge on any atom is 0.343 e. The van der Waals surface area contributed by atoms with Gasteiger partial charge in [-0.2, -0.15) is 9.64 Å². The summed E-state index contributed by atoms with van der Waals surface area (Å²) in [6.45, 7) is 5.22. The molecule has 3 rings (SSSR count). The number of aryl methyl sites for hydroxylation is 1. The Morgan fingerprint density at radius 3 is 2.77 bits per heavy atom. The molecule has 0 aliphatic carbocycles. The first-order valence-electron chi connectivity index (χ1n) is 9.10. The molecule has 156 valence electrons. The summed E-state index contributed by atoms with van der Waals surface area (Å²) in [5, 5.41) is 15.7. The van der Waals surface area contributed by atoms with E-state index in [1.165, 1.54) is 0 Å². The predicted molar refractivity (Wildman–Crippen MR) is 112 cm³/mol. The molecule has 2 N–H and O–H groups in total. The Labute approximate surface area is 177 Å². The first-order chi connectivity index (χ1) is 14.4. The van der Waals surface area contributed by atoms with Gasteiger partial charge in [-0.1, -0.05) is 0 Å². The summed E-state index contributed by atoms with van der Waals surface area (Å²) in [5.74, 6) is -0.168. The Balaban J connectivity index is 1.76. The highest BCUT2D eigenvalue weighted by molar-refractivity contribution is 7.10. The second-order valence-electron chi connectivity index (χ2n) is 6.56. The zero-order valence-electron chi connectivity index (χ0n) is 17.0. The van der Waals surface area contributed by atoms with E-state index in [1.807, 2.05) is 19.9 Å². The Hall–Kier alpha value is -3.58.